The quantitative estimate of drug-likeness (QED) is 0.642. The summed E-state index contributed by atoms with van der Waals surface area (Å²) in [6.07, 6.45) is 5.77. The summed E-state index contributed by atoms with van der Waals surface area (Å²) >= 11 is 0. The van der Waals surface area contributed by atoms with Gasteiger partial charge in [-0.05, 0) is 37.3 Å². The maximum Gasteiger partial charge on any atom is 0.274 e. The molecule has 28 heavy (non-hydrogen) atoms. The highest BCUT2D eigenvalue weighted by Gasteiger charge is 2.21. The van der Waals surface area contributed by atoms with E-state index in [0.717, 1.165) is 60.5 Å². The van der Waals surface area contributed by atoms with Crippen LogP contribution in [0.2, 0.25) is 0 Å². The lowest BCUT2D eigenvalue weighted by Gasteiger charge is -2.32. The van der Waals surface area contributed by atoms with Crippen LogP contribution in [-0.2, 0) is 10.2 Å². The maximum atomic E-state index is 11.0. The summed E-state index contributed by atoms with van der Waals surface area (Å²) in [5.74, 6) is 1.37. The van der Waals surface area contributed by atoms with Gasteiger partial charge >= 0.3 is 0 Å². The molecule has 1 saturated heterocycles. The van der Waals surface area contributed by atoms with E-state index in [1.54, 1.807) is 6.33 Å². The molecule has 0 radical (unpaired) electrons. The maximum absolute atomic E-state index is 11.0. The third-order valence-corrected chi connectivity index (χ3v) is 5.68. The molecule has 0 unspecified atom stereocenters. The molecule has 1 fully saturated rings. The van der Waals surface area contributed by atoms with Crippen LogP contribution in [0.1, 0.15) is 19.3 Å². The van der Waals surface area contributed by atoms with E-state index in [4.69, 9.17) is 9.56 Å². The second-order valence-corrected chi connectivity index (χ2v) is 8.33. The van der Waals surface area contributed by atoms with Crippen molar-refractivity contribution in [2.75, 3.05) is 24.5 Å². The lowest BCUT2D eigenvalue weighted by Crippen LogP contribution is -2.36. The molecule has 0 atom stereocenters. The summed E-state index contributed by atoms with van der Waals surface area (Å²) in [4.78, 5) is 15.2. The summed E-state index contributed by atoms with van der Waals surface area (Å²) in [7, 11) is -3.61. The van der Waals surface area contributed by atoms with Crippen LogP contribution >= 0.6 is 0 Å². The molecule has 0 bridgehead atoms. The Kier molecular flexibility index (Phi) is 5.25. The Bertz CT molecular complexity index is 1060. The van der Waals surface area contributed by atoms with Gasteiger partial charge in [0.05, 0.1) is 5.69 Å². The Labute approximate surface area is 163 Å². The molecular weight excluding hydrogens is 380 g/mol. The van der Waals surface area contributed by atoms with Crippen LogP contribution in [0.3, 0.4) is 0 Å². The highest BCUT2D eigenvalue weighted by Crippen LogP contribution is 2.27. The third-order valence-electron chi connectivity index (χ3n) is 5.07. The highest BCUT2D eigenvalue weighted by atomic mass is 32.2. The average molecular weight is 402 g/mol. The van der Waals surface area contributed by atoms with Gasteiger partial charge in [0.2, 0.25) is 0 Å². The van der Waals surface area contributed by atoms with E-state index in [1.165, 1.54) is 6.39 Å². The first kappa shape index (κ1) is 18.8. The SMILES string of the molecule is NS(=O)(=O)NCCC1CCN(c2cc(-c3ccc4ncoc4c3)ncn2)CC1. The number of nitrogens with zero attached hydrogens (tertiary/aromatic N) is 4. The number of aromatic nitrogens is 3. The Hall–Kier alpha value is -2.56. The zero-order valence-electron chi connectivity index (χ0n) is 15.3. The van der Waals surface area contributed by atoms with E-state index in [9.17, 15) is 8.42 Å². The second kappa shape index (κ2) is 7.82. The van der Waals surface area contributed by atoms with Crippen LogP contribution in [0.4, 0.5) is 5.82 Å². The van der Waals surface area contributed by atoms with Gasteiger partial charge in [-0.2, -0.15) is 8.42 Å². The van der Waals surface area contributed by atoms with Crippen molar-refractivity contribution in [3.63, 3.8) is 0 Å². The molecule has 0 aliphatic carbocycles. The van der Waals surface area contributed by atoms with E-state index in [1.807, 2.05) is 24.3 Å². The van der Waals surface area contributed by atoms with Crippen LogP contribution in [0.25, 0.3) is 22.4 Å². The Morgan fingerprint density at radius 3 is 2.79 bits per heavy atom. The lowest BCUT2D eigenvalue weighted by atomic mass is 9.93. The molecule has 9 nitrogen and oxygen atoms in total. The number of anilines is 1. The van der Waals surface area contributed by atoms with Gasteiger partial charge in [-0.25, -0.2) is 24.8 Å². The predicted octanol–water partition coefficient (Wildman–Crippen LogP) is 1.68. The van der Waals surface area contributed by atoms with Crippen LogP contribution in [0.5, 0.6) is 0 Å². The van der Waals surface area contributed by atoms with Gasteiger partial charge in [0.25, 0.3) is 10.2 Å². The van der Waals surface area contributed by atoms with Gasteiger partial charge in [-0.1, -0.05) is 6.07 Å². The molecule has 10 heteroatoms. The molecule has 3 heterocycles. The first-order chi connectivity index (χ1) is 13.5. The van der Waals surface area contributed by atoms with E-state index in [0.29, 0.717) is 12.5 Å². The lowest BCUT2D eigenvalue weighted by molar-refractivity contribution is 0.380. The van der Waals surface area contributed by atoms with E-state index in [-0.39, 0.29) is 0 Å². The number of piperidine rings is 1. The Morgan fingerprint density at radius 1 is 1.18 bits per heavy atom. The number of benzene rings is 1. The largest absolute Gasteiger partial charge is 0.443 e. The predicted molar refractivity (Wildman–Crippen MR) is 106 cm³/mol. The topological polar surface area (TPSA) is 127 Å². The molecule has 1 aliphatic rings. The van der Waals surface area contributed by atoms with E-state index >= 15 is 0 Å². The number of oxazole rings is 1. The Balaban J connectivity index is 1.40. The summed E-state index contributed by atoms with van der Waals surface area (Å²) in [5.41, 5.74) is 3.34. The van der Waals surface area contributed by atoms with Crippen LogP contribution in [0.15, 0.2) is 41.4 Å². The minimum atomic E-state index is -3.61. The first-order valence-electron chi connectivity index (χ1n) is 9.16. The van der Waals surface area contributed by atoms with E-state index < -0.39 is 10.2 Å². The minimum absolute atomic E-state index is 0.380. The first-order valence-corrected chi connectivity index (χ1v) is 10.7. The zero-order valence-corrected chi connectivity index (χ0v) is 16.1. The normalized spacial score (nSPS) is 16.0. The molecule has 3 aromatic rings. The third kappa shape index (κ3) is 4.46. The number of hydrogen-bond acceptors (Lipinski definition) is 7. The fourth-order valence-electron chi connectivity index (χ4n) is 3.55. The molecule has 148 valence electrons. The van der Waals surface area contributed by atoms with E-state index in [2.05, 4.69) is 24.6 Å². The monoisotopic (exact) mass is 402 g/mol. The number of hydrogen-bond donors (Lipinski definition) is 2. The van der Waals surface area contributed by atoms with Gasteiger partial charge < -0.3 is 9.32 Å². The average Bonchev–Trinajstić information content (AvgIpc) is 3.15. The van der Waals surface area contributed by atoms with Crippen LogP contribution < -0.4 is 14.8 Å². The van der Waals surface area contributed by atoms with Crippen LogP contribution in [0, 0.1) is 5.92 Å². The van der Waals surface area contributed by atoms with Gasteiger partial charge in [-0.3, -0.25) is 0 Å². The molecular formula is C18H22N6O3S. The van der Waals surface area contributed by atoms with Crippen molar-refractivity contribution in [1.82, 2.24) is 19.7 Å². The fraction of sp³-hybridized carbons (Fsp3) is 0.389. The standard InChI is InChI=1S/C18H22N6O3S/c19-28(25,26)23-6-3-13-4-7-24(8-5-13)18-10-16(20-11-21-18)14-1-2-15-17(9-14)27-12-22-15/h1-2,9-13,23H,3-8H2,(H2,19,25,26). The van der Waals surface area contributed by atoms with Crippen molar-refractivity contribution in [3.8, 4) is 11.3 Å². The van der Waals surface area contributed by atoms with Crippen molar-refractivity contribution in [2.45, 2.75) is 19.3 Å². The molecule has 1 aliphatic heterocycles. The minimum Gasteiger partial charge on any atom is -0.443 e. The Morgan fingerprint density at radius 2 is 2.00 bits per heavy atom. The van der Waals surface area contributed by atoms with Crippen molar-refractivity contribution in [1.29, 1.82) is 0 Å². The van der Waals surface area contributed by atoms with Crippen molar-refractivity contribution >= 4 is 27.1 Å². The van der Waals surface area contributed by atoms with Gasteiger partial charge in [0.1, 0.15) is 17.7 Å². The smallest absolute Gasteiger partial charge is 0.274 e. The number of nitrogens with one attached hydrogen (secondary N) is 1. The molecule has 0 saturated carbocycles. The van der Waals surface area contributed by atoms with Gasteiger partial charge in [-0.15, -0.1) is 0 Å². The summed E-state index contributed by atoms with van der Waals surface area (Å²) in [5, 5.41) is 4.97. The number of rotatable bonds is 6. The number of nitrogens with two attached hydrogens (primary N) is 1. The second-order valence-electron chi connectivity index (χ2n) is 6.95. The number of fused-ring (bicyclic) bond motifs is 1. The molecule has 0 spiro atoms. The van der Waals surface area contributed by atoms with Gasteiger partial charge in [0, 0.05) is 31.3 Å². The molecule has 4 rings (SSSR count). The molecule has 0 amide bonds. The van der Waals surface area contributed by atoms with Crippen molar-refractivity contribution in [2.24, 2.45) is 11.1 Å². The van der Waals surface area contributed by atoms with Crippen LogP contribution in [-0.4, -0.2) is 43.0 Å². The van der Waals surface area contributed by atoms with Crippen molar-refractivity contribution in [3.05, 3.63) is 37.0 Å². The summed E-state index contributed by atoms with van der Waals surface area (Å²) < 4.78 is 29.6. The summed E-state index contributed by atoms with van der Waals surface area (Å²) in [6.45, 7) is 2.13. The molecule has 2 aromatic heterocycles. The molecule has 1 aromatic carbocycles. The van der Waals surface area contributed by atoms with Crippen molar-refractivity contribution < 1.29 is 12.8 Å². The fourth-order valence-corrected chi connectivity index (χ4v) is 3.95. The highest BCUT2D eigenvalue weighted by molar-refractivity contribution is 7.87. The van der Waals surface area contributed by atoms with Gasteiger partial charge in [0.15, 0.2) is 12.0 Å². The summed E-state index contributed by atoms with van der Waals surface area (Å²) in [6, 6.07) is 7.80. The zero-order chi connectivity index (χ0) is 19.6. The molecule has 3 N–H and O–H groups in total.